The number of phenolic OH excluding ortho intramolecular Hbond substituents is 1. The van der Waals surface area contributed by atoms with Crippen LogP contribution in [-0.2, 0) is 12.0 Å². The van der Waals surface area contributed by atoms with E-state index in [0.717, 1.165) is 36.9 Å². The molecule has 15 heavy (non-hydrogen) atoms. The molecule has 1 saturated carbocycles. The quantitative estimate of drug-likeness (QED) is 0.682. The maximum absolute atomic E-state index is 13.8. The third-order valence-corrected chi connectivity index (χ3v) is 3.84. The van der Waals surface area contributed by atoms with Crippen molar-refractivity contribution in [1.29, 1.82) is 0 Å². The van der Waals surface area contributed by atoms with Crippen molar-refractivity contribution in [2.75, 3.05) is 6.54 Å². The van der Waals surface area contributed by atoms with Crippen LogP contribution in [0.2, 0.25) is 0 Å². The number of hydrogen-bond acceptors (Lipinski definition) is 2. The van der Waals surface area contributed by atoms with Crippen LogP contribution >= 0.6 is 0 Å². The van der Waals surface area contributed by atoms with E-state index in [-0.39, 0.29) is 17.0 Å². The molecule has 1 aliphatic heterocycles. The summed E-state index contributed by atoms with van der Waals surface area (Å²) in [6.07, 6.45) is 3.23. The number of benzene rings is 1. The summed E-state index contributed by atoms with van der Waals surface area (Å²) in [5.41, 5.74) is 1.50. The summed E-state index contributed by atoms with van der Waals surface area (Å²) in [4.78, 5) is 0. The Bertz CT molecular complexity index is 412. The summed E-state index contributed by atoms with van der Waals surface area (Å²) in [6.45, 7) is 1.43. The van der Waals surface area contributed by atoms with Crippen LogP contribution in [0.3, 0.4) is 0 Å². The van der Waals surface area contributed by atoms with Gasteiger partial charge in [0.2, 0.25) is 0 Å². The molecule has 0 atom stereocenters. The van der Waals surface area contributed by atoms with Gasteiger partial charge in [0, 0.05) is 29.6 Å². The van der Waals surface area contributed by atoms with Crippen molar-refractivity contribution in [3.63, 3.8) is 0 Å². The maximum atomic E-state index is 13.8. The number of halogens is 1. The molecule has 1 spiro atoms. The molecule has 0 amide bonds. The fraction of sp³-hybridized carbons (Fsp3) is 0.500. The van der Waals surface area contributed by atoms with Gasteiger partial charge in [0.1, 0.15) is 11.6 Å². The fourth-order valence-corrected chi connectivity index (χ4v) is 2.91. The van der Waals surface area contributed by atoms with Gasteiger partial charge in [-0.2, -0.15) is 0 Å². The molecule has 2 N–H and O–H groups in total. The lowest BCUT2D eigenvalue weighted by molar-refractivity contribution is 0.209. The van der Waals surface area contributed by atoms with Crippen molar-refractivity contribution in [3.8, 4) is 5.75 Å². The Balaban J connectivity index is 2.21. The van der Waals surface area contributed by atoms with Crippen LogP contribution in [0, 0.1) is 5.82 Å². The summed E-state index contributed by atoms with van der Waals surface area (Å²) >= 11 is 0. The predicted molar refractivity (Wildman–Crippen MR) is 55.3 cm³/mol. The van der Waals surface area contributed by atoms with E-state index in [9.17, 15) is 9.50 Å². The minimum atomic E-state index is -0.149. The highest BCUT2D eigenvalue weighted by Crippen LogP contribution is 2.48. The first-order chi connectivity index (χ1) is 7.23. The lowest BCUT2D eigenvalue weighted by atomic mass is 9.62. The van der Waals surface area contributed by atoms with Crippen molar-refractivity contribution < 1.29 is 9.50 Å². The van der Waals surface area contributed by atoms with Crippen LogP contribution in [0.25, 0.3) is 0 Å². The first-order valence-corrected chi connectivity index (χ1v) is 5.44. The van der Waals surface area contributed by atoms with E-state index in [0.29, 0.717) is 6.54 Å². The summed E-state index contributed by atoms with van der Waals surface area (Å²) in [7, 11) is 0. The van der Waals surface area contributed by atoms with E-state index < -0.39 is 0 Å². The van der Waals surface area contributed by atoms with Gasteiger partial charge in [-0.15, -0.1) is 0 Å². The molecule has 1 fully saturated rings. The van der Waals surface area contributed by atoms with Gasteiger partial charge < -0.3 is 10.4 Å². The second-order valence-electron chi connectivity index (χ2n) is 4.66. The number of fused-ring (bicyclic) bond motifs is 2. The Morgan fingerprint density at radius 3 is 2.80 bits per heavy atom. The molecule has 1 aliphatic carbocycles. The fourth-order valence-electron chi connectivity index (χ4n) is 2.91. The van der Waals surface area contributed by atoms with Crippen LogP contribution in [0.4, 0.5) is 4.39 Å². The van der Waals surface area contributed by atoms with Crippen molar-refractivity contribution in [1.82, 2.24) is 5.32 Å². The largest absolute Gasteiger partial charge is 0.508 e. The van der Waals surface area contributed by atoms with Crippen molar-refractivity contribution in [3.05, 3.63) is 29.1 Å². The second-order valence-corrected chi connectivity index (χ2v) is 4.66. The summed E-state index contributed by atoms with van der Waals surface area (Å²) in [6, 6.07) is 2.84. The Labute approximate surface area is 88.1 Å². The summed E-state index contributed by atoms with van der Waals surface area (Å²) < 4.78 is 13.8. The SMILES string of the molecule is Oc1ccc(F)c2c1CNCC21CCC1. The Kier molecular flexibility index (Phi) is 1.80. The van der Waals surface area contributed by atoms with E-state index >= 15 is 0 Å². The van der Waals surface area contributed by atoms with E-state index in [4.69, 9.17) is 0 Å². The molecule has 0 saturated heterocycles. The molecule has 0 aromatic heterocycles. The lowest BCUT2D eigenvalue weighted by Crippen LogP contribution is -2.48. The average molecular weight is 207 g/mol. The zero-order chi connectivity index (χ0) is 10.5. The van der Waals surface area contributed by atoms with Crippen LogP contribution < -0.4 is 5.32 Å². The number of rotatable bonds is 0. The molecule has 2 nitrogen and oxygen atoms in total. The Morgan fingerprint density at radius 2 is 2.13 bits per heavy atom. The van der Waals surface area contributed by atoms with Gasteiger partial charge in [0.25, 0.3) is 0 Å². The van der Waals surface area contributed by atoms with Crippen molar-refractivity contribution >= 4 is 0 Å². The van der Waals surface area contributed by atoms with Crippen LogP contribution in [-0.4, -0.2) is 11.7 Å². The molecule has 3 rings (SSSR count). The minimum absolute atomic E-state index is 0.0313. The Morgan fingerprint density at radius 1 is 1.33 bits per heavy atom. The zero-order valence-corrected chi connectivity index (χ0v) is 8.52. The number of hydrogen-bond donors (Lipinski definition) is 2. The molecule has 3 heteroatoms. The average Bonchev–Trinajstić information content (AvgIpc) is 2.20. The van der Waals surface area contributed by atoms with Gasteiger partial charge in [-0.25, -0.2) is 4.39 Å². The molecule has 0 bridgehead atoms. The molecular weight excluding hydrogens is 193 g/mol. The lowest BCUT2D eigenvalue weighted by Gasteiger charge is -2.46. The monoisotopic (exact) mass is 207 g/mol. The highest BCUT2D eigenvalue weighted by molar-refractivity contribution is 5.47. The van der Waals surface area contributed by atoms with Gasteiger partial charge in [0.05, 0.1) is 0 Å². The van der Waals surface area contributed by atoms with Crippen LogP contribution in [0.1, 0.15) is 30.4 Å². The van der Waals surface area contributed by atoms with E-state index in [1.807, 2.05) is 0 Å². The first-order valence-electron chi connectivity index (χ1n) is 5.44. The van der Waals surface area contributed by atoms with Crippen LogP contribution in [0.15, 0.2) is 12.1 Å². The second kappa shape index (κ2) is 2.95. The van der Waals surface area contributed by atoms with Crippen molar-refractivity contribution in [2.45, 2.75) is 31.2 Å². The van der Waals surface area contributed by atoms with E-state index in [1.165, 1.54) is 12.1 Å². The van der Waals surface area contributed by atoms with Gasteiger partial charge in [-0.05, 0) is 25.0 Å². The molecular formula is C12H14FNO. The zero-order valence-electron chi connectivity index (χ0n) is 8.52. The Hall–Kier alpha value is -1.09. The van der Waals surface area contributed by atoms with Gasteiger partial charge >= 0.3 is 0 Å². The topological polar surface area (TPSA) is 32.3 Å². The number of phenols is 1. The smallest absolute Gasteiger partial charge is 0.127 e. The third-order valence-electron chi connectivity index (χ3n) is 3.84. The molecule has 1 aromatic carbocycles. The van der Waals surface area contributed by atoms with E-state index in [1.54, 1.807) is 0 Å². The summed E-state index contributed by atoms with van der Waals surface area (Å²) in [5, 5.41) is 13.0. The molecule has 0 unspecified atom stereocenters. The molecule has 2 aliphatic rings. The van der Waals surface area contributed by atoms with Crippen LogP contribution in [0.5, 0.6) is 5.75 Å². The maximum Gasteiger partial charge on any atom is 0.127 e. The van der Waals surface area contributed by atoms with Gasteiger partial charge in [-0.1, -0.05) is 6.42 Å². The number of aromatic hydroxyl groups is 1. The van der Waals surface area contributed by atoms with E-state index in [2.05, 4.69) is 5.32 Å². The first kappa shape index (κ1) is 9.16. The minimum Gasteiger partial charge on any atom is -0.508 e. The van der Waals surface area contributed by atoms with Gasteiger partial charge in [-0.3, -0.25) is 0 Å². The third kappa shape index (κ3) is 1.13. The molecule has 1 heterocycles. The molecule has 1 aromatic rings. The van der Waals surface area contributed by atoms with Crippen molar-refractivity contribution in [2.24, 2.45) is 0 Å². The molecule has 0 radical (unpaired) electrons. The normalized spacial score (nSPS) is 22.2. The highest BCUT2D eigenvalue weighted by atomic mass is 19.1. The number of nitrogens with one attached hydrogen (secondary N) is 1. The standard InChI is InChI=1S/C12H14FNO/c13-9-2-3-10(15)8-6-14-7-12(11(8)9)4-1-5-12/h2-3,14-15H,1,4-7H2. The predicted octanol–water partition coefficient (Wildman–Crippen LogP) is 2.06. The highest BCUT2D eigenvalue weighted by Gasteiger charge is 2.44. The summed E-state index contributed by atoms with van der Waals surface area (Å²) in [5.74, 6) is 0.0777. The van der Waals surface area contributed by atoms with Gasteiger partial charge in [0.15, 0.2) is 0 Å². The molecule has 80 valence electrons.